The molecular formula is C14H15NOS. The van der Waals surface area contributed by atoms with Crippen molar-refractivity contribution in [3.05, 3.63) is 29.8 Å². The molecule has 2 unspecified atom stereocenters. The predicted octanol–water partition coefficient (Wildman–Crippen LogP) is 2.23. The first-order chi connectivity index (χ1) is 8.20. The van der Waals surface area contributed by atoms with Crippen LogP contribution in [0.4, 0.5) is 0 Å². The molecule has 1 aliphatic rings. The number of nitrogens with one attached hydrogen (secondary N) is 1. The van der Waals surface area contributed by atoms with Crippen molar-refractivity contribution in [1.29, 1.82) is 0 Å². The zero-order valence-corrected chi connectivity index (χ0v) is 10.6. The largest absolute Gasteiger partial charge is 0.352 e. The highest BCUT2D eigenvalue weighted by molar-refractivity contribution is 8.01. The molecule has 0 bridgehead atoms. The third-order valence-corrected chi connectivity index (χ3v) is 4.07. The van der Waals surface area contributed by atoms with Gasteiger partial charge >= 0.3 is 0 Å². The summed E-state index contributed by atoms with van der Waals surface area (Å²) >= 11 is 1.64. The van der Waals surface area contributed by atoms with E-state index in [1.165, 1.54) is 10.5 Å². The maximum atomic E-state index is 12.0. The van der Waals surface area contributed by atoms with Crippen LogP contribution >= 0.6 is 11.8 Å². The second-order valence-corrected chi connectivity index (χ2v) is 5.48. The molecule has 0 aromatic heterocycles. The summed E-state index contributed by atoms with van der Waals surface area (Å²) in [7, 11) is 0. The summed E-state index contributed by atoms with van der Waals surface area (Å²) in [4.78, 5) is 13.2. The third kappa shape index (κ3) is 2.83. The number of carbonyl (C=O) groups is 1. The minimum atomic E-state index is -0.00683. The Labute approximate surface area is 106 Å². The molecule has 2 atom stereocenters. The lowest BCUT2D eigenvalue weighted by Gasteiger charge is -2.14. The maximum Gasteiger partial charge on any atom is 0.234 e. The van der Waals surface area contributed by atoms with Gasteiger partial charge in [0.05, 0.1) is 5.25 Å². The smallest absolute Gasteiger partial charge is 0.234 e. The lowest BCUT2D eigenvalue weighted by atomic mass is 10.1. The Morgan fingerprint density at radius 1 is 1.65 bits per heavy atom. The first-order valence-electron chi connectivity index (χ1n) is 5.69. The van der Waals surface area contributed by atoms with Crippen molar-refractivity contribution >= 4 is 17.7 Å². The Morgan fingerprint density at radius 2 is 2.41 bits per heavy atom. The Balaban J connectivity index is 1.95. The fourth-order valence-corrected chi connectivity index (χ4v) is 3.10. The molecule has 0 saturated carbocycles. The van der Waals surface area contributed by atoms with Gasteiger partial charge in [0.1, 0.15) is 0 Å². The molecule has 3 heteroatoms. The van der Waals surface area contributed by atoms with Crippen LogP contribution in [0.5, 0.6) is 0 Å². The summed E-state index contributed by atoms with van der Waals surface area (Å²) in [6, 6.07) is 8.23. The number of terminal acetylenes is 1. The summed E-state index contributed by atoms with van der Waals surface area (Å²) in [5.74, 6) is 2.65. The molecule has 0 radical (unpaired) electrons. The molecule has 0 saturated heterocycles. The van der Waals surface area contributed by atoms with E-state index in [4.69, 9.17) is 6.42 Å². The molecule has 0 fully saturated rings. The van der Waals surface area contributed by atoms with Gasteiger partial charge in [-0.05, 0) is 25.0 Å². The van der Waals surface area contributed by atoms with Crippen molar-refractivity contribution in [2.75, 3.05) is 0 Å². The number of amides is 1. The van der Waals surface area contributed by atoms with Crippen LogP contribution in [-0.2, 0) is 11.2 Å². The molecule has 0 spiro atoms. The molecule has 2 nitrogen and oxygen atoms in total. The first-order valence-corrected chi connectivity index (χ1v) is 6.57. The van der Waals surface area contributed by atoms with E-state index in [1.54, 1.807) is 11.8 Å². The van der Waals surface area contributed by atoms with Crippen LogP contribution in [-0.4, -0.2) is 17.2 Å². The summed E-state index contributed by atoms with van der Waals surface area (Å²) in [5, 5.41) is 2.95. The van der Waals surface area contributed by atoms with E-state index in [-0.39, 0.29) is 17.2 Å². The molecule has 2 rings (SSSR count). The average molecular weight is 245 g/mol. The average Bonchev–Trinajstić information content (AvgIpc) is 2.72. The monoisotopic (exact) mass is 245 g/mol. The first kappa shape index (κ1) is 12.1. The second kappa shape index (κ2) is 5.29. The van der Waals surface area contributed by atoms with Crippen LogP contribution < -0.4 is 5.32 Å². The number of rotatable bonds is 3. The van der Waals surface area contributed by atoms with Gasteiger partial charge in [-0.2, -0.15) is 0 Å². The van der Waals surface area contributed by atoms with Crippen molar-refractivity contribution in [1.82, 2.24) is 5.32 Å². The van der Waals surface area contributed by atoms with Gasteiger partial charge in [-0.1, -0.05) is 18.2 Å². The van der Waals surface area contributed by atoms with Gasteiger partial charge in [0.15, 0.2) is 0 Å². The SMILES string of the molecule is C#CCC(C)NC(=O)C1Cc2ccccc2S1. The van der Waals surface area contributed by atoms with Gasteiger partial charge in [0, 0.05) is 17.4 Å². The molecular weight excluding hydrogens is 230 g/mol. The van der Waals surface area contributed by atoms with E-state index in [0.717, 1.165) is 6.42 Å². The molecule has 1 aromatic rings. The van der Waals surface area contributed by atoms with Crippen LogP contribution in [0.2, 0.25) is 0 Å². The van der Waals surface area contributed by atoms with Gasteiger partial charge in [-0.15, -0.1) is 24.1 Å². The molecule has 1 aromatic carbocycles. The quantitative estimate of drug-likeness (QED) is 0.827. The molecule has 1 amide bonds. The number of fused-ring (bicyclic) bond motifs is 1. The number of benzene rings is 1. The molecule has 1 heterocycles. The zero-order valence-electron chi connectivity index (χ0n) is 9.77. The molecule has 1 N–H and O–H groups in total. The van der Waals surface area contributed by atoms with Gasteiger partial charge in [0.2, 0.25) is 5.91 Å². The Kier molecular flexibility index (Phi) is 3.75. The molecule has 88 valence electrons. The Morgan fingerprint density at radius 3 is 3.12 bits per heavy atom. The van der Waals surface area contributed by atoms with Crippen molar-refractivity contribution < 1.29 is 4.79 Å². The Hall–Kier alpha value is -1.40. The van der Waals surface area contributed by atoms with E-state index < -0.39 is 0 Å². The summed E-state index contributed by atoms with van der Waals surface area (Å²) in [6.45, 7) is 1.94. The highest BCUT2D eigenvalue weighted by Gasteiger charge is 2.28. The van der Waals surface area contributed by atoms with E-state index in [2.05, 4.69) is 23.4 Å². The van der Waals surface area contributed by atoms with E-state index >= 15 is 0 Å². The minimum Gasteiger partial charge on any atom is -0.352 e. The molecule has 0 aliphatic carbocycles. The standard InChI is InChI=1S/C14H15NOS/c1-3-6-10(2)15-14(16)13-9-11-7-4-5-8-12(11)17-13/h1,4-5,7-8,10,13H,6,9H2,2H3,(H,15,16). The van der Waals surface area contributed by atoms with Crippen LogP contribution in [0, 0.1) is 12.3 Å². The lowest BCUT2D eigenvalue weighted by Crippen LogP contribution is -2.38. The summed E-state index contributed by atoms with van der Waals surface area (Å²) in [6.07, 6.45) is 6.62. The summed E-state index contributed by atoms with van der Waals surface area (Å²) < 4.78 is 0. The van der Waals surface area contributed by atoms with Crippen LogP contribution in [0.15, 0.2) is 29.2 Å². The molecule has 17 heavy (non-hydrogen) atoms. The lowest BCUT2D eigenvalue weighted by molar-refractivity contribution is -0.121. The topological polar surface area (TPSA) is 29.1 Å². The van der Waals surface area contributed by atoms with E-state index in [9.17, 15) is 4.79 Å². The normalized spacial score (nSPS) is 19.2. The fraction of sp³-hybridized carbons (Fsp3) is 0.357. The zero-order chi connectivity index (χ0) is 12.3. The van der Waals surface area contributed by atoms with Crippen molar-refractivity contribution in [3.8, 4) is 12.3 Å². The van der Waals surface area contributed by atoms with Gasteiger partial charge in [-0.3, -0.25) is 4.79 Å². The Bertz CT molecular complexity index is 439. The highest BCUT2D eigenvalue weighted by atomic mass is 32.2. The summed E-state index contributed by atoms with van der Waals surface area (Å²) in [5.41, 5.74) is 1.27. The number of hydrogen-bond donors (Lipinski definition) is 1. The van der Waals surface area contributed by atoms with Crippen molar-refractivity contribution in [3.63, 3.8) is 0 Å². The van der Waals surface area contributed by atoms with Crippen LogP contribution in [0.3, 0.4) is 0 Å². The maximum absolute atomic E-state index is 12.0. The van der Waals surface area contributed by atoms with Crippen LogP contribution in [0.1, 0.15) is 18.9 Å². The number of hydrogen-bond acceptors (Lipinski definition) is 2. The van der Waals surface area contributed by atoms with Crippen molar-refractivity contribution in [2.24, 2.45) is 0 Å². The molecule has 1 aliphatic heterocycles. The predicted molar refractivity (Wildman–Crippen MR) is 70.8 cm³/mol. The van der Waals surface area contributed by atoms with Gasteiger partial charge in [-0.25, -0.2) is 0 Å². The van der Waals surface area contributed by atoms with Crippen molar-refractivity contribution in [2.45, 2.75) is 36.0 Å². The third-order valence-electron chi connectivity index (χ3n) is 2.75. The number of carbonyl (C=O) groups excluding carboxylic acids is 1. The van der Waals surface area contributed by atoms with Crippen LogP contribution in [0.25, 0.3) is 0 Å². The van der Waals surface area contributed by atoms with E-state index in [1.807, 2.05) is 19.1 Å². The highest BCUT2D eigenvalue weighted by Crippen LogP contribution is 2.36. The van der Waals surface area contributed by atoms with Gasteiger partial charge < -0.3 is 5.32 Å². The fourth-order valence-electron chi connectivity index (χ4n) is 1.89. The number of thioether (sulfide) groups is 1. The second-order valence-electron chi connectivity index (χ2n) is 4.24. The van der Waals surface area contributed by atoms with Gasteiger partial charge in [0.25, 0.3) is 0 Å². The minimum absolute atomic E-state index is 0.00683. The van der Waals surface area contributed by atoms with E-state index in [0.29, 0.717) is 6.42 Å².